The third-order valence-corrected chi connectivity index (χ3v) is 23.5. The van der Waals surface area contributed by atoms with Gasteiger partial charge in [0.05, 0.1) is 0 Å². The molecule has 0 radical (unpaired) electrons. The maximum absolute atomic E-state index is 2.54. The molecule has 4 aliphatic carbocycles. The lowest BCUT2D eigenvalue weighted by molar-refractivity contribution is -0.0146. The van der Waals surface area contributed by atoms with Crippen molar-refractivity contribution in [2.45, 2.75) is 402 Å². The molecule has 0 amide bonds. The predicted octanol–water partition coefficient (Wildman–Crippen LogP) is 30.2. The Hall–Kier alpha value is -1.56. The fourth-order valence-corrected chi connectivity index (χ4v) is 17.5. The van der Waals surface area contributed by atoms with Gasteiger partial charge in [-0.3, -0.25) is 0 Å². The van der Waals surface area contributed by atoms with Crippen LogP contribution in [0.1, 0.15) is 400 Å². The molecular weight excluding hydrogens is 1090 g/mol. The molecule has 8 unspecified atom stereocenters. The van der Waals surface area contributed by atoms with Crippen LogP contribution in [0.5, 0.6) is 0 Å². The van der Waals surface area contributed by atoms with E-state index >= 15 is 0 Å². The van der Waals surface area contributed by atoms with Crippen molar-refractivity contribution in [3.63, 3.8) is 0 Å². The first-order valence-electron chi connectivity index (χ1n) is 38.6. The number of hydrogen-bond acceptors (Lipinski definition) is 0. The van der Waals surface area contributed by atoms with E-state index in [-0.39, 0.29) is 21.7 Å². The van der Waals surface area contributed by atoms with E-state index in [4.69, 9.17) is 0 Å². The van der Waals surface area contributed by atoms with Crippen molar-refractivity contribution in [1.82, 2.24) is 0 Å². The van der Waals surface area contributed by atoms with Gasteiger partial charge in [0, 0.05) is 0 Å². The second-order valence-corrected chi connectivity index (χ2v) is 45.8. The molecule has 8 atom stereocenters. The van der Waals surface area contributed by atoms with E-state index in [9.17, 15) is 0 Å². The normalized spacial score (nSPS) is 25.3. The highest BCUT2D eigenvalue weighted by Crippen LogP contribution is 2.57. The van der Waals surface area contributed by atoms with Crippen LogP contribution in [0.4, 0.5) is 0 Å². The predicted molar refractivity (Wildman–Crippen MR) is 415 cm³/mol. The van der Waals surface area contributed by atoms with Crippen molar-refractivity contribution in [2.24, 2.45) is 106 Å². The fourth-order valence-electron chi connectivity index (χ4n) is 17.5. The molecule has 0 nitrogen and oxygen atoms in total. The Labute approximate surface area is 575 Å². The first-order chi connectivity index (χ1) is 40.4. The van der Waals surface area contributed by atoms with E-state index in [1.165, 1.54) is 138 Å². The van der Waals surface area contributed by atoms with E-state index < -0.39 is 0 Å². The molecule has 0 N–H and O–H groups in total. The van der Waals surface area contributed by atoms with Gasteiger partial charge in [0.25, 0.3) is 0 Å². The van der Waals surface area contributed by atoms with E-state index in [0.29, 0.717) is 54.1 Å². The summed E-state index contributed by atoms with van der Waals surface area (Å²) in [6.45, 7) is 88.2. The van der Waals surface area contributed by atoms with Gasteiger partial charge in [-0.15, -0.1) is 0 Å². The molecule has 6 rings (SSSR count). The van der Waals surface area contributed by atoms with Crippen molar-refractivity contribution in [3.8, 4) is 0 Å². The minimum absolute atomic E-state index is 0.164. The fraction of sp³-hybridized carbons (Fsp3) is 0.868. The Bertz CT molecular complexity index is 2240. The summed E-state index contributed by atoms with van der Waals surface area (Å²) in [6.07, 6.45) is 30.2. The van der Waals surface area contributed by atoms with Crippen molar-refractivity contribution in [1.29, 1.82) is 0 Å². The summed E-state index contributed by atoms with van der Waals surface area (Å²) < 4.78 is 0. The van der Waals surface area contributed by atoms with Gasteiger partial charge in [-0.25, -0.2) is 0 Å². The third kappa shape index (κ3) is 32.6. The second-order valence-electron chi connectivity index (χ2n) is 45.8. The van der Waals surface area contributed by atoms with Crippen LogP contribution < -0.4 is 0 Å². The molecule has 0 bridgehead atoms. The minimum atomic E-state index is 0.164. The molecule has 0 saturated heterocycles. The highest BCUT2D eigenvalue weighted by molar-refractivity contribution is 5.35. The van der Waals surface area contributed by atoms with E-state index in [2.05, 4.69) is 305 Å². The minimum Gasteiger partial charge on any atom is -0.0617 e. The van der Waals surface area contributed by atoms with Crippen molar-refractivity contribution in [2.75, 3.05) is 0 Å². The zero-order valence-electron chi connectivity index (χ0n) is 69.5. The summed E-state index contributed by atoms with van der Waals surface area (Å²) in [5, 5.41) is 0. The molecular formula is C91H168. The Morgan fingerprint density at radius 1 is 0.352 bits per heavy atom. The Balaban J connectivity index is 0.000000389. The monoisotopic (exact) mass is 1260 g/mol. The highest BCUT2D eigenvalue weighted by Gasteiger charge is 2.46. The van der Waals surface area contributed by atoms with Gasteiger partial charge in [-0.1, -0.05) is 350 Å². The molecule has 0 heterocycles. The average Bonchev–Trinajstić information content (AvgIpc) is 0.830. The molecule has 0 spiro atoms. The van der Waals surface area contributed by atoms with Gasteiger partial charge in [0.2, 0.25) is 0 Å². The van der Waals surface area contributed by atoms with Crippen molar-refractivity contribution < 1.29 is 0 Å². The van der Waals surface area contributed by atoms with E-state index in [1.807, 2.05) is 0 Å². The van der Waals surface area contributed by atoms with Gasteiger partial charge in [0.1, 0.15) is 0 Å². The van der Waals surface area contributed by atoms with Crippen LogP contribution in [0.15, 0.2) is 48.5 Å². The maximum Gasteiger partial charge on any atom is -0.00550 e. The van der Waals surface area contributed by atoms with Crippen LogP contribution in [-0.2, 0) is 23.7 Å². The zero-order chi connectivity index (χ0) is 70.9. The lowest BCUT2D eigenvalue weighted by Crippen LogP contribution is -2.41. The van der Waals surface area contributed by atoms with Gasteiger partial charge in [-0.2, -0.15) is 0 Å². The molecule has 4 saturated carbocycles. The SMILES string of the molecule is CC(C)(C)C(C)(C)c1cccc(C(C)(C)C(C)(C)C)c1.CC(C)(C)C1CCCC(CC2CCCC(C(C)(C)C)C2)C1.CC(C)(C)CC1(C)CC(C(C)(C)C)CC(C)(C)C1.CC(C)(C)CC1CCCC(CC(C)(C)C)C1.CC(C)(C)Cc1cccc(CC(C)(C)C)c1. The average molecular weight is 1260 g/mol. The molecule has 0 aromatic heterocycles. The molecule has 532 valence electrons. The first-order valence-corrected chi connectivity index (χ1v) is 38.6. The standard InChI is InChI=1S/C21H40.C20H34.C18H36.C16H32.C16H26/c1-20(2,3)18-11-7-9-16(14-18)13-17-10-8-12-19(15-17)21(4,5)6;1-17(2,3)19(7,8)15-12-11-13-16(14-15)20(9,10)18(4,5)6;1-15(2,3)12-18(9)11-14(16(4,5)6)10-17(7,8)13-18;2*1-15(2,3)11-13-8-7-9-14(10-13)12-16(4,5)6/h16-19H,7-15H2,1-6H3;11-14H,1-10H3;14H,10-13H2,1-9H3;13-14H,7-12H2,1-6H3;7-10H,11-12H2,1-6H3. The van der Waals surface area contributed by atoms with E-state index in [1.54, 1.807) is 6.42 Å². The number of hydrogen-bond donors (Lipinski definition) is 0. The zero-order valence-corrected chi connectivity index (χ0v) is 69.5. The lowest BCUT2D eigenvalue weighted by atomic mass is 9.53. The third-order valence-electron chi connectivity index (χ3n) is 23.5. The molecule has 0 aliphatic heterocycles. The topological polar surface area (TPSA) is 0 Å². The van der Waals surface area contributed by atoms with Gasteiger partial charge in [-0.05, 0) is 229 Å². The summed E-state index contributed by atoms with van der Waals surface area (Å²) in [6, 6.07) is 18.3. The van der Waals surface area contributed by atoms with Gasteiger partial charge in [0.15, 0.2) is 0 Å². The van der Waals surface area contributed by atoms with Crippen LogP contribution in [-0.4, -0.2) is 0 Å². The van der Waals surface area contributed by atoms with Crippen LogP contribution in [0.3, 0.4) is 0 Å². The van der Waals surface area contributed by atoms with Crippen LogP contribution in [0.25, 0.3) is 0 Å². The van der Waals surface area contributed by atoms with Gasteiger partial charge < -0.3 is 0 Å². The molecule has 2 aromatic rings. The Morgan fingerprint density at radius 3 is 1.01 bits per heavy atom. The Morgan fingerprint density at radius 2 is 0.692 bits per heavy atom. The van der Waals surface area contributed by atoms with Crippen molar-refractivity contribution in [3.05, 3.63) is 70.8 Å². The number of benzene rings is 2. The molecule has 4 fully saturated rings. The summed E-state index contributed by atoms with van der Waals surface area (Å²) in [5.41, 5.74) is 11.4. The number of rotatable bonds is 9. The molecule has 2 aromatic carbocycles. The van der Waals surface area contributed by atoms with Crippen molar-refractivity contribution >= 4 is 0 Å². The maximum atomic E-state index is 2.54. The van der Waals surface area contributed by atoms with Crippen LogP contribution in [0.2, 0.25) is 0 Å². The van der Waals surface area contributed by atoms with Crippen LogP contribution >= 0.6 is 0 Å². The summed E-state index contributed by atoms with van der Waals surface area (Å²) in [7, 11) is 0. The quantitative estimate of drug-likeness (QED) is 0.235. The summed E-state index contributed by atoms with van der Waals surface area (Å²) >= 11 is 0. The van der Waals surface area contributed by atoms with Crippen LogP contribution in [0, 0.1) is 106 Å². The highest BCUT2D eigenvalue weighted by atomic mass is 14.5. The van der Waals surface area contributed by atoms with Gasteiger partial charge >= 0.3 is 0 Å². The summed E-state index contributed by atoms with van der Waals surface area (Å²) in [4.78, 5) is 0. The molecule has 91 heavy (non-hydrogen) atoms. The Kier molecular flexibility index (Phi) is 30.5. The second kappa shape index (κ2) is 32.4. The molecule has 4 aliphatic rings. The largest absolute Gasteiger partial charge is 0.0617 e. The van der Waals surface area contributed by atoms with E-state index in [0.717, 1.165) is 54.3 Å². The smallest absolute Gasteiger partial charge is 0.00550 e. The summed E-state index contributed by atoms with van der Waals surface area (Å²) in [5.74, 6) is 6.88. The lowest BCUT2D eigenvalue weighted by Gasteiger charge is -2.52. The first kappa shape index (κ1) is 85.5. The molecule has 0 heteroatoms.